The molecule has 20 heavy (non-hydrogen) atoms. The average molecular weight is 288 g/mol. The molecule has 0 radical (unpaired) electrons. The van der Waals surface area contributed by atoms with Crippen LogP contribution >= 0.6 is 0 Å². The van der Waals surface area contributed by atoms with Gasteiger partial charge in [0.1, 0.15) is 0 Å². The van der Waals surface area contributed by atoms with Gasteiger partial charge in [0.2, 0.25) is 0 Å². The summed E-state index contributed by atoms with van der Waals surface area (Å²) in [5.41, 5.74) is 0. The fourth-order valence-electron chi connectivity index (χ4n) is 2.76. The van der Waals surface area contributed by atoms with Crippen molar-refractivity contribution in [2.24, 2.45) is 0 Å². The van der Waals surface area contributed by atoms with E-state index in [1.54, 1.807) is 7.11 Å². The molecule has 5 heteroatoms. The third-order valence-corrected chi connectivity index (χ3v) is 3.76. The molecule has 0 spiro atoms. The summed E-state index contributed by atoms with van der Waals surface area (Å²) in [6.45, 7) is 9.04. The van der Waals surface area contributed by atoms with Crippen molar-refractivity contribution in [3.05, 3.63) is 0 Å². The number of hydrogen-bond donors (Lipinski definition) is 2. The van der Waals surface area contributed by atoms with E-state index in [9.17, 15) is 5.11 Å². The molecule has 0 aromatic heterocycles. The fourth-order valence-corrected chi connectivity index (χ4v) is 2.76. The molecular formula is C15H32N2O3. The second-order valence-corrected chi connectivity index (χ2v) is 5.73. The molecule has 0 saturated carbocycles. The molecule has 1 rings (SSSR count). The van der Waals surface area contributed by atoms with Gasteiger partial charge >= 0.3 is 0 Å². The van der Waals surface area contributed by atoms with Crippen LogP contribution in [0.4, 0.5) is 0 Å². The molecule has 1 aliphatic heterocycles. The number of nitrogens with one attached hydrogen (secondary N) is 1. The molecule has 0 amide bonds. The lowest BCUT2D eigenvalue weighted by atomic mass is 10.0. The first-order chi connectivity index (χ1) is 9.67. The van der Waals surface area contributed by atoms with Crippen LogP contribution in [0.15, 0.2) is 0 Å². The first-order valence-corrected chi connectivity index (χ1v) is 7.90. The van der Waals surface area contributed by atoms with Gasteiger partial charge in [0, 0.05) is 19.7 Å². The summed E-state index contributed by atoms with van der Waals surface area (Å²) < 4.78 is 10.6. The summed E-state index contributed by atoms with van der Waals surface area (Å²) in [5, 5.41) is 13.6. The van der Waals surface area contributed by atoms with Gasteiger partial charge in [0.15, 0.2) is 0 Å². The first kappa shape index (κ1) is 17.9. The van der Waals surface area contributed by atoms with Crippen LogP contribution in [0.25, 0.3) is 0 Å². The Morgan fingerprint density at radius 1 is 1.30 bits per heavy atom. The lowest BCUT2D eigenvalue weighted by molar-refractivity contribution is -0.0439. The smallest absolute Gasteiger partial charge is 0.0900 e. The molecule has 1 saturated heterocycles. The van der Waals surface area contributed by atoms with E-state index in [1.807, 2.05) is 6.92 Å². The van der Waals surface area contributed by atoms with Crippen LogP contribution in [0, 0.1) is 0 Å². The maximum absolute atomic E-state index is 10.2. The van der Waals surface area contributed by atoms with E-state index in [-0.39, 0.29) is 6.10 Å². The molecule has 1 fully saturated rings. The van der Waals surface area contributed by atoms with Gasteiger partial charge in [-0.05, 0) is 45.8 Å². The van der Waals surface area contributed by atoms with Crippen LogP contribution in [0.2, 0.25) is 0 Å². The molecular weight excluding hydrogens is 256 g/mol. The number of nitrogens with zero attached hydrogens (tertiary/aromatic N) is 1. The Hall–Kier alpha value is -0.200. The zero-order chi connectivity index (χ0) is 14.8. The Morgan fingerprint density at radius 2 is 2.00 bits per heavy atom. The molecule has 2 unspecified atom stereocenters. The van der Waals surface area contributed by atoms with Gasteiger partial charge in [-0.2, -0.15) is 0 Å². The van der Waals surface area contributed by atoms with Gasteiger partial charge in [-0.15, -0.1) is 0 Å². The molecule has 0 bridgehead atoms. The lowest BCUT2D eigenvalue weighted by Gasteiger charge is -2.35. The van der Waals surface area contributed by atoms with E-state index >= 15 is 0 Å². The van der Waals surface area contributed by atoms with Gasteiger partial charge in [0.05, 0.1) is 25.4 Å². The highest BCUT2D eigenvalue weighted by Gasteiger charge is 2.22. The fraction of sp³-hybridized carbons (Fsp3) is 1.00. The molecule has 0 aromatic carbocycles. The highest BCUT2D eigenvalue weighted by atomic mass is 16.5. The summed E-state index contributed by atoms with van der Waals surface area (Å²) in [4.78, 5) is 2.43. The standard InChI is InChI=1S/C15H32N2O3/c1-4-9-17(14-5-7-16-8-6-14)10-15(18)12-20-13(2)11-19-3/h13-16,18H,4-12H2,1-3H3. The Labute approximate surface area is 123 Å². The summed E-state index contributed by atoms with van der Waals surface area (Å²) in [7, 11) is 1.66. The first-order valence-electron chi connectivity index (χ1n) is 7.90. The Balaban J connectivity index is 2.31. The molecule has 1 heterocycles. The monoisotopic (exact) mass is 288 g/mol. The minimum absolute atomic E-state index is 0.0353. The minimum Gasteiger partial charge on any atom is -0.389 e. The lowest BCUT2D eigenvalue weighted by Crippen LogP contribution is -2.47. The highest BCUT2D eigenvalue weighted by Crippen LogP contribution is 2.13. The molecule has 1 aliphatic rings. The van der Waals surface area contributed by atoms with Crippen molar-refractivity contribution in [1.82, 2.24) is 10.2 Å². The predicted molar refractivity (Wildman–Crippen MR) is 81.1 cm³/mol. The maximum Gasteiger partial charge on any atom is 0.0900 e. The predicted octanol–water partition coefficient (Wildman–Crippen LogP) is 0.863. The van der Waals surface area contributed by atoms with Crippen molar-refractivity contribution in [3.8, 4) is 0 Å². The molecule has 120 valence electrons. The average Bonchev–Trinajstić information content (AvgIpc) is 2.46. The van der Waals surface area contributed by atoms with E-state index < -0.39 is 6.10 Å². The Kier molecular flexibility index (Phi) is 9.39. The third kappa shape index (κ3) is 6.99. The van der Waals surface area contributed by atoms with E-state index in [1.165, 1.54) is 12.8 Å². The maximum atomic E-state index is 10.2. The van der Waals surface area contributed by atoms with Crippen molar-refractivity contribution in [2.45, 2.75) is 51.4 Å². The molecule has 0 aliphatic carbocycles. The van der Waals surface area contributed by atoms with Gasteiger partial charge in [-0.25, -0.2) is 0 Å². The number of aliphatic hydroxyl groups is 1. The second kappa shape index (κ2) is 10.5. The van der Waals surface area contributed by atoms with Crippen molar-refractivity contribution in [3.63, 3.8) is 0 Å². The number of aliphatic hydroxyl groups excluding tert-OH is 1. The SMILES string of the molecule is CCCN(CC(O)COC(C)COC)C1CCNCC1. The number of rotatable bonds is 10. The number of ether oxygens (including phenoxy) is 2. The molecule has 0 aromatic rings. The van der Waals surface area contributed by atoms with Gasteiger partial charge in [-0.1, -0.05) is 6.92 Å². The van der Waals surface area contributed by atoms with Crippen molar-refractivity contribution in [1.29, 1.82) is 0 Å². The van der Waals surface area contributed by atoms with Gasteiger partial charge in [-0.3, -0.25) is 4.90 Å². The third-order valence-electron chi connectivity index (χ3n) is 3.76. The second-order valence-electron chi connectivity index (χ2n) is 5.73. The zero-order valence-electron chi connectivity index (χ0n) is 13.3. The van der Waals surface area contributed by atoms with E-state index in [2.05, 4.69) is 17.1 Å². The summed E-state index contributed by atoms with van der Waals surface area (Å²) in [6, 6.07) is 0.599. The van der Waals surface area contributed by atoms with Gasteiger partial charge in [0.25, 0.3) is 0 Å². The normalized spacial score (nSPS) is 20.2. The largest absolute Gasteiger partial charge is 0.389 e. The van der Waals surface area contributed by atoms with Gasteiger partial charge < -0.3 is 19.9 Å². The van der Waals surface area contributed by atoms with E-state index in [0.717, 1.165) is 26.1 Å². The number of piperidine rings is 1. The van der Waals surface area contributed by atoms with Crippen LogP contribution in [0.5, 0.6) is 0 Å². The van der Waals surface area contributed by atoms with Crippen LogP contribution in [0.1, 0.15) is 33.1 Å². The minimum atomic E-state index is -0.421. The quantitative estimate of drug-likeness (QED) is 0.624. The molecule has 2 N–H and O–H groups in total. The Morgan fingerprint density at radius 3 is 2.60 bits per heavy atom. The van der Waals surface area contributed by atoms with Crippen LogP contribution in [-0.4, -0.2) is 74.8 Å². The zero-order valence-corrected chi connectivity index (χ0v) is 13.3. The van der Waals surface area contributed by atoms with E-state index in [0.29, 0.717) is 25.8 Å². The van der Waals surface area contributed by atoms with Crippen LogP contribution in [0.3, 0.4) is 0 Å². The van der Waals surface area contributed by atoms with Crippen LogP contribution < -0.4 is 5.32 Å². The van der Waals surface area contributed by atoms with E-state index in [4.69, 9.17) is 9.47 Å². The highest BCUT2D eigenvalue weighted by molar-refractivity contribution is 4.79. The Bertz CT molecular complexity index is 235. The van der Waals surface area contributed by atoms with Crippen molar-refractivity contribution >= 4 is 0 Å². The molecule has 2 atom stereocenters. The summed E-state index contributed by atoms with van der Waals surface area (Å²) in [6.07, 6.45) is 3.09. The van der Waals surface area contributed by atoms with Crippen molar-refractivity contribution in [2.75, 3.05) is 46.5 Å². The summed E-state index contributed by atoms with van der Waals surface area (Å²) in [5.74, 6) is 0. The number of hydrogen-bond acceptors (Lipinski definition) is 5. The topological polar surface area (TPSA) is 54.0 Å². The van der Waals surface area contributed by atoms with Crippen LogP contribution in [-0.2, 0) is 9.47 Å². The number of methoxy groups -OCH3 is 1. The molecule has 5 nitrogen and oxygen atoms in total. The van der Waals surface area contributed by atoms with Crippen molar-refractivity contribution < 1.29 is 14.6 Å². The summed E-state index contributed by atoms with van der Waals surface area (Å²) >= 11 is 0.